The summed E-state index contributed by atoms with van der Waals surface area (Å²) in [6, 6.07) is 9.25. The highest BCUT2D eigenvalue weighted by atomic mass is 32.2. The number of hydrogen-bond donors (Lipinski definition) is 0. The Labute approximate surface area is 165 Å². The third-order valence-electron chi connectivity index (χ3n) is 3.91. The molecule has 0 unspecified atom stereocenters. The van der Waals surface area contributed by atoms with Gasteiger partial charge in [-0.25, -0.2) is 13.8 Å². The lowest BCUT2D eigenvalue weighted by atomic mass is 10.1. The van der Waals surface area contributed by atoms with Gasteiger partial charge in [-0.1, -0.05) is 17.7 Å². The molecule has 0 saturated carbocycles. The maximum atomic E-state index is 13.8. The first-order valence-electron chi connectivity index (χ1n) is 8.25. The molecule has 2 aromatic carbocycles. The maximum Gasteiger partial charge on any atom is 0.230 e. The van der Waals surface area contributed by atoms with Gasteiger partial charge in [-0.3, -0.25) is 9.69 Å². The molecule has 0 aliphatic carbocycles. The number of hydrogen-bond acceptors (Lipinski definition) is 4. The van der Waals surface area contributed by atoms with Gasteiger partial charge in [-0.15, -0.1) is 23.1 Å². The summed E-state index contributed by atoms with van der Waals surface area (Å²) in [7, 11) is 0. The second-order valence-electron chi connectivity index (χ2n) is 6.13. The molecule has 140 valence electrons. The van der Waals surface area contributed by atoms with Crippen LogP contribution in [0.25, 0.3) is 0 Å². The minimum absolute atomic E-state index is 0.133. The lowest BCUT2D eigenvalue weighted by Crippen LogP contribution is -2.23. The SMILES string of the molecule is CC(=O)N(c1nc(CSc2cc(F)ccc2F)cs1)c1ccc(C)cc1C. The van der Waals surface area contributed by atoms with Crippen LogP contribution in [0.4, 0.5) is 19.6 Å². The number of anilines is 2. The van der Waals surface area contributed by atoms with Crippen molar-refractivity contribution in [2.75, 3.05) is 4.90 Å². The smallest absolute Gasteiger partial charge is 0.230 e. The van der Waals surface area contributed by atoms with Gasteiger partial charge in [0.25, 0.3) is 0 Å². The third-order valence-corrected chi connectivity index (χ3v) is 5.85. The fourth-order valence-corrected chi connectivity index (χ4v) is 4.51. The molecule has 0 fully saturated rings. The second kappa shape index (κ2) is 8.19. The Morgan fingerprint density at radius 2 is 1.96 bits per heavy atom. The molecule has 0 aliphatic heterocycles. The first-order chi connectivity index (χ1) is 12.8. The number of carbonyl (C=O) groups excluding carboxylic acids is 1. The molecule has 3 nitrogen and oxygen atoms in total. The Morgan fingerprint density at radius 1 is 1.19 bits per heavy atom. The number of rotatable bonds is 5. The maximum absolute atomic E-state index is 13.8. The van der Waals surface area contributed by atoms with Crippen molar-refractivity contribution in [3.8, 4) is 0 Å². The fraction of sp³-hybridized carbons (Fsp3) is 0.200. The van der Waals surface area contributed by atoms with Gasteiger partial charge in [0.15, 0.2) is 5.13 Å². The van der Waals surface area contributed by atoms with E-state index in [4.69, 9.17) is 0 Å². The first-order valence-corrected chi connectivity index (χ1v) is 10.1. The average Bonchev–Trinajstić information content (AvgIpc) is 3.06. The van der Waals surface area contributed by atoms with E-state index in [0.717, 1.165) is 28.9 Å². The Morgan fingerprint density at radius 3 is 2.67 bits per heavy atom. The molecular weight excluding hydrogens is 386 g/mol. The highest BCUT2D eigenvalue weighted by molar-refractivity contribution is 7.98. The molecule has 0 radical (unpaired) electrons. The van der Waals surface area contributed by atoms with Crippen molar-refractivity contribution in [1.82, 2.24) is 4.98 Å². The van der Waals surface area contributed by atoms with Crippen molar-refractivity contribution >= 4 is 39.8 Å². The molecule has 0 aliphatic rings. The van der Waals surface area contributed by atoms with E-state index < -0.39 is 11.6 Å². The average molecular weight is 405 g/mol. The van der Waals surface area contributed by atoms with E-state index in [1.165, 1.54) is 36.1 Å². The van der Waals surface area contributed by atoms with Gasteiger partial charge in [0.2, 0.25) is 5.91 Å². The summed E-state index contributed by atoms with van der Waals surface area (Å²) in [5.74, 6) is -0.685. The van der Waals surface area contributed by atoms with Crippen LogP contribution in [0.3, 0.4) is 0 Å². The Bertz CT molecular complexity index is 988. The van der Waals surface area contributed by atoms with E-state index in [1.54, 1.807) is 4.90 Å². The number of halogens is 2. The predicted octanol–water partition coefficient (Wildman–Crippen LogP) is 6.02. The van der Waals surface area contributed by atoms with Crippen LogP contribution in [0, 0.1) is 25.5 Å². The quantitative estimate of drug-likeness (QED) is 0.488. The fourth-order valence-electron chi connectivity index (χ4n) is 2.67. The Kier molecular flexibility index (Phi) is 5.92. The number of aromatic nitrogens is 1. The van der Waals surface area contributed by atoms with Crippen molar-refractivity contribution in [3.05, 3.63) is 70.2 Å². The topological polar surface area (TPSA) is 33.2 Å². The van der Waals surface area contributed by atoms with Crippen LogP contribution in [-0.4, -0.2) is 10.9 Å². The van der Waals surface area contributed by atoms with Gasteiger partial charge >= 0.3 is 0 Å². The number of benzene rings is 2. The lowest BCUT2D eigenvalue weighted by molar-refractivity contribution is -0.115. The predicted molar refractivity (Wildman–Crippen MR) is 107 cm³/mol. The van der Waals surface area contributed by atoms with E-state index in [9.17, 15) is 13.6 Å². The summed E-state index contributed by atoms with van der Waals surface area (Å²) < 4.78 is 27.0. The van der Waals surface area contributed by atoms with Crippen LogP contribution in [0.1, 0.15) is 23.7 Å². The molecule has 1 aromatic heterocycles. The standard InChI is InChI=1S/C20H18F2N2OS2/c1-12-4-7-18(13(2)8-12)24(14(3)25)20-23-16(11-27-20)10-26-19-9-15(21)5-6-17(19)22/h4-9,11H,10H2,1-3H3. The van der Waals surface area contributed by atoms with Gasteiger partial charge in [0, 0.05) is 23.0 Å². The van der Waals surface area contributed by atoms with E-state index in [1.807, 2.05) is 37.4 Å². The van der Waals surface area contributed by atoms with Gasteiger partial charge in [0.1, 0.15) is 11.6 Å². The molecular formula is C20H18F2N2OS2. The molecule has 0 spiro atoms. The summed E-state index contributed by atoms with van der Waals surface area (Å²) in [5.41, 5.74) is 3.60. The highest BCUT2D eigenvalue weighted by Gasteiger charge is 2.20. The molecule has 3 aromatic rings. The molecule has 27 heavy (non-hydrogen) atoms. The largest absolute Gasteiger partial charge is 0.274 e. The van der Waals surface area contributed by atoms with Crippen LogP contribution >= 0.6 is 23.1 Å². The van der Waals surface area contributed by atoms with Crippen molar-refractivity contribution in [1.29, 1.82) is 0 Å². The first kappa shape index (κ1) is 19.5. The summed E-state index contributed by atoms with van der Waals surface area (Å²) in [6.07, 6.45) is 0. The number of amides is 1. The molecule has 3 rings (SSSR count). The molecule has 1 amide bonds. The van der Waals surface area contributed by atoms with Crippen LogP contribution in [-0.2, 0) is 10.5 Å². The zero-order valence-corrected chi connectivity index (χ0v) is 16.8. The van der Waals surface area contributed by atoms with E-state index in [-0.39, 0.29) is 10.8 Å². The van der Waals surface area contributed by atoms with Gasteiger partial charge in [-0.05, 0) is 43.7 Å². The minimum Gasteiger partial charge on any atom is -0.274 e. The van der Waals surface area contributed by atoms with Gasteiger partial charge < -0.3 is 0 Å². The Hall–Kier alpha value is -2.25. The molecule has 0 atom stereocenters. The van der Waals surface area contributed by atoms with E-state index in [0.29, 0.717) is 16.6 Å². The normalized spacial score (nSPS) is 10.9. The van der Waals surface area contributed by atoms with Crippen LogP contribution in [0.2, 0.25) is 0 Å². The molecule has 0 bridgehead atoms. The lowest BCUT2D eigenvalue weighted by Gasteiger charge is -2.20. The highest BCUT2D eigenvalue weighted by Crippen LogP contribution is 2.33. The molecule has 7 heteroatoms. The van der Waals surface area contributed by atoms with Crippen LogP contribution in [0.15, 0.2) is 46.7 Å². The summed E-state index contributed by atoms with van der Waals surface area (Å²) >= 11 is 2.52. The zero-order valence-electron chi connectivity index (χ0n) is 15.1. The minimum atomic E-state index is -0.476. The van der Waals surface area contributed by atoms with Crippen LogP contribution in [0.5, 0.6) is 0 Å². The van der Waals surface area contributed by atoms with Crippen molar-refractivity contribution in [2.45, 2.75) is 31.4 Å². The van der Waals surface area contributed by atoms with Crippen molar-refractivity contribution in [3.63, 3.8) is 0 Å². The van der Waals surface area contributed by atoms with Crippen molar-refractivity contribution in [2.24, 2.45) is 0 Å². The number of thiazole rings is 1. The summed E-state index contributed by atoms with van der Waals surface area (Å²) in [4.78, 5) is 18.6. The molecule has 0 N–H and O–H groups in total. The zero-order chi connectivity index (χ0) is 19.6. The molecule has 0 saturated heterocycles. The number of aryl methyl sites for hydroxylation is 2. The van der Waals surface area contributed by atoms with E-state index >= 15 is 0 Å². The van der Waals surface area contributed by atoms with E-state index in [2.05, 4.69) is 4.98 Å². The summed E-state index contributed by atoms with van der Waals surface area (Å²) in [6.45, 7) is 5.45. The van der Waals surface area contributed by atoms with Crippen LogP contribution < -0.4 is 4.90 Å². The van der Waals surface area contributed by atoms with Gasteiger partial charge in [-0.2, -0.15) is 0 Å². The van der Waals surface area contributed by atoms with Gasteiger partial charge in [0.05, 0.1) is 11.4 Å². The number of nitrogens with zero attached hydrogens (tertiary/aromatic N) is 2. The summed E-state index contributed by atoms with van der Waals surface area (Å²) in [5, 5.41) is 2.39. The Balaban J connectivity index is 1.82. The molecule has 1 heterocycles. The second-order valence-corrected chi connectivity index (χ2v) is 7.98. The number of carbonyl (C=O) groups is 1. The third kappa shape index (κ3) is 4.54. The monoisotopic (exact) mass is 404 g/mol. The number of thioether (sulfide) groups is 1. The van der Waals surface area contributed by atoms with Crippen molar-refractivity contribution < 1.29 is 13.6 Å².